The predicted molar refractivity (Wildman–Crippen MR) is 122 cm³/mol. The molecule has 0 radical (unpaired) electrons. The molecule has 31 heavy (non-hydrogen) atoms. The van der Waals surface area contributed by atoms with Gasteiger partial charge in [-0.1, -0.05) is 42.5 Å². The third kappa shape index (κ3) is 3.31. The van der Waals surface area contributed by atoms with Gasteiger partial charge in [0.25, 0.3) is 5.56 Å². The van der Waals surface area contributed by atoms with Crippen molar-refractivity contribution in [3.05, 3.63) is 97.5 Å². The molecule has 4 aromatic rings. The summed E-state index contributed by atoms with van der Waals surface area (Å²) < 4.78 is 3.03. The van der Waals surface area contributed by atoms with Crippen molar-refractivity contribution in [3.8, 4) is 5.69 Å². The highest BCUT2D eigenvalue weighted by Gasteiger charge is 2.24. The van der Waals surface area contributed by atoms with E-state index in [0.717, 1.165) is 24.0 Å². The summed E-state index contributed by atoms with van der Waals surface area (Å²) in [4.78, 5) is 39.4. The van der Waals surface area contributed by atoms with E-state index in [1.165, 1.54) is 26.0 Å². The van der Waals surface area contributed by atoms with E-state index in [9.17, 15) is 14.4 Å². The van der Waals surface area contributed by atoms with Crippen molar-refractivity contribution in [1.82, 2.24) is 14.5 Å². The molecule has 7 heteroatoms. The largest absolute Gasteiger partial charge is 0.348 e. The minimum Gasteiger partial charge on any atom is -0.348 e. The number of carbonyl (C=O) groups excluding carboxylic acids is 1. The maximum atomic E-state index is 13.4. The van der Waals surface area contributed by atoms with Crippen LogP contribution in [0.1, 0.15) is 29.2 Å². The first kappa shape index (κ1) is 19.5. The van der Waals surface area contributed by atoms with Gasteiger partial charge in [-0.3, -0.25) is 14.2 Å². The molecule has 0 fully saturated rings. The van der Waals surface area contributed by atoms with Gasteiger partial charge in [0.2, 0.25) is 5.91 Å². The number of carbonyl (C=O) groups is 1. The lowest BCUT2D eigenvalue weighted by Gasteiger charge is -2.16. The molecule has 1 amide bonds. The first-order valence-corrected chi connectivity index (χ1v) is 11.1. The van der Waals surface area contributed by atoms with Gasteiger partial charge in [0.05, 0.1) is 17.2 Å². The highest BCUT2D eigenvalue weighted by molar-refractivity contribution is 7.17. The molecule has 6 nitrogen and oxygen atoms in total. The lowest BCUT2D eigenvalue weighted by molar-refractivity contribution is -0.122. The maximum absolute atomic E-state index is 13.4. The van der Waals surface area contributed by atoms with Gasteiger partial charge in [-0.05, 0) is 54.0 Å². The molecule has 0 saturated carbocycles. The van der Waals surface area contributed by atoms with Crippen molar-refractivity contribution in [2.45, 2.75) is 32.4 Å². The summed E-state index contributed by atoms with van der Waals surface area (Å²) in [5.41, 5.74) is 3.36. The molecule has 2 aromatic heterocycles. The fraction of sp³-hybridized carbons (Fsp3) is 0.208. The molecule has 1 aliphatic carbocycles. The number of hydrogen-bond donors (Lipinski definition) is 1. The second-order valence-corrected chi connectivity index (χ2v) is 8.70. The van der Waals surface area contributed by atoms with Crippen LogP contribution in [0.15, 0.2) is 69.6 Å². The van der Waals surface area contributed by atoms with Crippen LogP contribution >= 0.6 is 11.3 Å². The van der Waals surface area contributed by atoms with E-state index in [2.05, 4.69) is 11.4 Å². The van der Waals surface area contributed by atoms with Crippen molar-refractivity contribution >= 4 is 27.5 Å². The lowest BCUT2D eigenvalue weighted by Crippen LogP contribution is -2.42. The Morgan fingerprint density at radius 3 is 2.71 bits per heavy atom. The highest BCUT2D eigenvalue weighted by atomic mass is 32.1. The molecule has 5 rings (SSSR count). The number of amides is 1. The number of benzene rings is 2. The minimum absolute atomic E-state index is 0.0559. The summed E-state index contributed by atoms with van der Waals surface area (Å²) in [6.45, 7) is 1.71. The van der Waals surface area contributed by atoms with Gasteiger partial charge in [-0.15, -0.1) is 11.3 Å². The van der Waals surface area contributed by atoms with Crippen molar-refractivity contribution in [3.63, 3.8) is 0 Å². The molecular formula is C24H21N3O3S. The number of fused-ring (bicyclic) bond motifs is 2. The minimum atomic E-state index is -0.507. The molecule has 0 spiro atoms. The second kappa shape index (κ2) is 7.67. The van der Waals surface area contributed by atoms with Gasteiger partial charge in [-0.2, -0.15) is 0 Å². The van der Waals surface area contributed by atoms with E-state index in [0.29, 0.717) is 15.9 Å². The number of aromatic nitrogens is 2. The molecule has 2 aromatic carbocycles. The summed E-state index contributed by atoms with van der Waals surface area (Å²) >= 11 is 1.28. The third-order valence-electron chi connectivity index (χ3n) is 5.88. The van der Waals surface area contributed by atoms with Crippen LogP contribution in [0, 0.1) is 6.92 Å². The number of hydrogen-bond acceptors (Lipinski definition) is 4. The zero-order valence-electron chi connectivity index (χ0n) is 17.0. The molecule has 0 aliphatic heterocycles. The van der Waals surface area contributed by atoms with Crippen LogP contribution in [0.2, 0.25) is 0 Å². The average Bonchev–Trinajstić information content (AvgIpc) is 3.41. The van der Waals surface area contributed by atoms with E-state index in [-0.39, 0.29) is 24.1 Å². The van der Waals surface area contributed by atoms with Gasteiger partial charge >= 0.3 is 5.69 Å². The third-order valence-corrected chi connectivity index (χ3v) is 6.77. The smallest absolute Gasteiger partial charge is 0.336 e. The molecule has 2 heterocycles. The quantitative estimate of drug-likeness (QED) is 0.539. The molecule has 1 atom stereocenters. The number of aryl methyl sites for hydroxylation is 2. The Morgan fingerprint density at radius 1 is 1.10 bits per heavy atom. The Kier molecular flexibility index (Phi) is 4.82. The Hall–Kier alpha value is -3.45. The fourth-order valence-corrected chi connectivity index (χ4v) is 5.18. The van der Waals surface area contributed by atoms with Crippen LogP contribution < -0.4 is 16.6 Å². The normalized spacial score (nSPS) is 15.2. The molecule has 156 valence electrons. The van der Waals surface area contributed by atoms with Crippen LogP contribution in [0.4, 0.5) is 0 Å². The SMILES string of the molecule is Cc1ccccc1-n1c(=O)c2sccc2n(CC(=O)N[C@H]2CCc3ccccc32)c1=O. The monoisotopic (exact) mass is 431 g/mol. The Morgan fingerprint density at radius 2 is 1.87 bits per heavy atom. The van der Waals surface area contributed by atoms with Crippen molar-refractivity contribution in [1.29, 1.82) is 0 Å². The topological polar surface area (TPSA) is 73.1 Å². The van der Waals surface area contributed by atoms with Crippen LogP contribution in [0.5, 0.6) is 0 Å². The number of nitrogens with zero attached hydrogens (tertiary/aromatic N) is 2. The molecule has 0 saturated heterocycles. The van der Waals surface area contributed by atoms with Crippen LogP contribution in [0.25, 0.3) is 15.9 Å². The summed E-state index contributed by atoms with van der Waals surface area (Å²) in [7, 11) is 0. The Labute approximate surface area is 182 Å². The van der Waals surface area contributed by atoms with E-state index in [1.54, 1.807) is 23.6 Å². The van der Waals surface area contributed by atoms with E-state index in [4.69, 9.17) is 0 Å². The Balaban J connectivity index is 1.54. The van der Waals surface area contributed by atoms with E-state index in [1.807, 2.05) is 37.3 Å². The summed E-state index contributed by atoms with van der Waals surface area (Å²) in [5, 5.41) is 4.84. The molecular weight excluding hydrogens is 410 g/mol. The Bertz CT molecular complexity index is 1430. The maximum Gasteiger partial charge on any atom is 0.336 e. The zero-order chi connectivity index (χ0) is 21.5. The van der Waals surface area contributed by atoms with Gasteiger partial charge in [-0.25, -0.2) is 9.36 Å². The zero-order valence-corrected chi connectivity index (χ0v) is 17.8. The molecule has 0 bridgehead atoms. The van der Waals surface area contributed by atoms with Crippen LogP contribution in [0.3, 0.4) is 0 Å². The second-order valence-electron chi connectivity index (χ2n) is 7.79. The number of para-hydroxylation sites is 1. The predicted octanol–water partition coefficient (Wildman–Crippen LogP) is 3.33. The van der Waals surface area contributed by atoms with E-state index < -0.39 is 5.69 Å². The molecule has 0 unspecified atom stereocenters. The number of thiophene rings is 1. The van der Waals surface area contributed by atoms with Crippen LogP contribution in [-0.4, -0.2) is 15.0 Å². The summed E-state index contributed by atoms with van der Waals surface area (Å²) in [6.07, 6.45) is 1.77. The number of nitrogens with one attached hydrogen (secondary N) is 1. The van der Waals surface area contributed by atoms with Crippen molar-refractivity contribution in [2.24, 2.45) is 0 Å². The van der Waals surface area contributed by atoms with Gasteiger partial charge < -0.3 is 5.32 Å². The summed E-state index contributed by atoms with van der Waals surface area (Å²) in [5.74, 6) is -0.244. The fourth-order valence-electron chi connectivity index (χ4n) is 4.36. The first-order chi connectivity index (χ1) is 15.0. The van der Waals surface area contributed by atoms with Crippen LogP contribution in [-0.2, 0) is 17.8 Å². The highest BCUT2D eigenvalue weighted by Crippen LogP contribution is 2.30. The first-order valence-electron chi connectivity index (χ1n) is 10.2. The van der Waals surface area contributed by atoms with Crippen molar-refractivity contribution in [2.75, 3.05) is 0 Å². The lowest BCUT2D eigenvalue weighted by atomic mass is 10.1. The summed E-state index contributed by atoms with van der Waals surface area (Å²) in [6, 6.07) is 17.0. The van der Waals surface area contributed by atoms with Gasteiger partial charge in [0, 0.05) is 0 Å². The molecule has 1 N–H and O–H groups in total. The van der Waals surface area contributed by atoms with Crippen molar-refractivity contribution < 1.29 is 4.79 Å². The van der Waals surface area contributed by atoms with Gasteiger partial charge in [0.15, 0.2) is 0 Å². The molecule has 1 aliphatic rings. The number of rotatable bonds is 4. The average molecular weight is 432 g/mol. The van der Waals surface area contributed by atoms with E-state index >= 15 is 0 Å². The van der Waals surface area contributed by atoms with Gasteiger partial charge in [0.1, 0.15) is 11.2 Å². The standard InChI is InChI=1S/C24H21N3O3S/c1-15-6-2-5-9-19(15)27-23(29)22-20(12-13-31-22)26(24(27)30)14-21(28)25-18-11-10-16-7-3-4-8-17(16)18/h2-9,12-13,18H,10-11,14H2,1H3,(H,25,28)/t18-/m0/s1.